The Bertz CT molecular complexity index is 857. The number of hydrogen-bond donors (Lipinski definition) is 1. The van der Waals surface area contributed by atoms with Gasteiger partial charge in [0.1, 0.15) is 0 Å². The molecule has 2 aromatic heterocycles. The third-order valence-corrected chi connectivity index (χ3v) is 5.03. The summed E-state index contributed by atoms with van der Waals surface area (Å²) in [5, 5.41) is 8.16. The van der Waals surface area contributed by atoms with Crippen LogP contribution in [0.15, 0.2) is 47.2 Å². The molecule has 23 heavy (non-hydrogen) atoms. The predicted octanol–water partition coefficient (Wildman–Crippen LogP) is 5.83. The zero-order valence-electron chi connectivity index (χ0n) is 11.6. The molecule has 0 aliphatic heterocycles. The van der Waals surface area contributed by atoms with Crippen LogP contribution in [0.25, 0.3) is 17.3 Å². The highest BCUT2D eigenvalue weighted by molar-refractivity contribution is 7.14. The summed E-state index contributed by atoms with van der Waals surface area (Å²) in [5.41, 5.74) is 1.48. The summed E-state index contributed by atoms with van der Waals surface area (Å²) in [7, 11) is 0. The van der Waals surface area contributed by atoms with Crippen molar-refractivity contribution in [1.29, 1.82) is 0 Å². The monoisotopic (exact) mass is 380 g/mol. The standard InChI is InChI=1S/C16H10Cl2N2OS2/c17-10-3-5-12(13(18)8-10)14-9-23-16(19-14)20-15(21)6-4-11-2-1-7-22-11/h1-9H,(H,19,20,21). The molecule has 7 heteroatoms. The van der Waals surface area contributed by atoms with Gasteiger partial charge in [0.25, 0.3) is 0 Å². The first kappa shape index (κ1) is 16.2. The SMILES string of the molecule is O=C(C=Cc1cccs1)Nc1nc(-c2ccc(Cl)cc2Cl)cs1. The van der Waals surface area contributed by atoms with Crippen LogP contribution in [-0.4, -0.2) is 10.9 Å². The number of halogens is 2. The summed E-state index contributed by atoms with van der Waals surface area (Å²) in [4.78, 5) is 17.3. The van der Waals surface area contributed by atoms with Gasteiger partial charge in [-0.05, 0) is 35.7 Å². The van der Waals surface area contributed by atoms with E-state index in [1.54, 1.807) is 29.5 Å². The maximum atomic E-state index is 11.9. The van der Waals surface area contributed by atoms with Crippen molar-refractivity contribution in [2.75, 3.05) is 5.32 Å². The van der Waals surface area contributed by atoms with Crippen molar-refractivity contribution in [3.63, 3.8) is 0 Å². The van der Waals surface area contributed by atoms with Gasteiger partial charge in [0.05, 0.1) is 10.7 Å². The van der Waals surface area contributed by atoms with Crippen molar-refractivity contribution in [2.45, 2.75) is 0 Å². The Morgan fingerprint density at radius 1 is 1.22 bits per heavy atom. The van der Waals surface area contributed by atoms with E-state index in [-0.39, 0.29) is 5.91 Å². The number of thiophene rings is 1. The number of carbonyl (C=O) groups is 1. The number of carbonyl (C=O) groups excluding carboxylic acids is 1. The number of amides is 1. The highest BCUT2D eigenvalue weighted by Gasteiger charge is 2.10. The van der Waals surface area contributed by atoms with Crippen molar-refractivity contribution in [3.05, 3.63) is 62.1 Å². The average molecular weight is 381 g/mol. The second-order valence-corrected chi connectivity index (χ2v) is 7.18. The van der Waals surface area contributed by atoms with E-state index in [4.69, 9.17) is 23.2 Å². The quantitative estimate of drug-likeness (QED) is 0.578. The van der Waals surface area contributed by atoms with E-state index in [0.717, 1.165) is 10.4 Å². The van der Waals surface area contributed by atoms with E-state index in [0.29, 0.717) is 20.9 Å². The summed E-state index contributed by atoms with van der Waals surface area (Å²) in [5.74, 6) is -0.221. The molecule has 3 rings (SSSR count). The van der Waals surface area contributed by atoms with Gasteiger partial charge in [-0.3, -0.25) is 10.1 Å². The molecule has 0 spiro atoms. The number of benzene rings is 1. The Kier molecular flexibility index (Phi) is 5.13. The Morgan fingerprint density at radius 3 is 2.83 bits per heavy atom. The molecular weight excluding hydrogens is 371 g/mol. The van der Waals surface area contributed by atoms with Gasteiger partial charge in [0, 0.05) is 26.9 Å². The lowest BCUT2D eigenvalue weighted by Crippen LogP contribution is -2.07. The average Bonchev–Trinajstić information content (AvgIpc) is 3.17. The number of nitrogens with one attached hydrogen (secondary N) is 1. The molecule has 0 aliphatic rings. The molecule has 0 bridgehead atoms. The van der Waals surface area contributed by atoms with E-state index in [2.05, 4.69) is 10.3 Å². The Hall–Kier alpha value is -1.66. The summed E-state index contributed by atoms with van der Waals surface area (Å²) in [6.07, 6.45) is 3.26. The largest absolute Gasteiger partial charge is 0.298 e. The molecule has 0 aliphatic carbocycles. The minimum Gasteiger partial charge on any atom is -0.298 e. The molecule has 0 saturated heterocycles. The zero-order chi connectivity index (χ0) is 16.2. The molecule has 3 nitrogen and oxygen atoms in total. The van der Waals surface area contributed by atoms with Crippen molar-refractivity contribution in [3.8, 4) is 11.3 Å². The van der Waals surface area contributed by atoms with E-state index >= 15 is 0 Å². The number of rotatable bonds is 4. The summed E-state index contributed by atoms with van der Waals surface area (Å²) in [6.45, 7) is 0. The lowest BCUT2D eigenvalue weighted by Gasteiger charge is -2.01. The minimum absolute atomic E-state index is 0.221. The predicted molar refractivity (Wildman–Crippen MR) is 99.6 cm³/mol. The second-order valence-electron chi connectivity index (χ2n) is 4.50. The molecule has 0 saturated carbocycles. The van der Waals surface area contributed by atoms with Gasteiger partial charge in [0.2, 0.25) is 5.91 Å². The van der Waals surface area contributed by atoms with E-state index in [1.165, 1.54) is 17.4 Å². The van der Waals surface area contributed by atoms with Crippen LogP contribution in [0.3, 0.4) is 0 Å². The molecular formula is C16H10Cl2N2OS2. The molecule has 3 aromatic rings. The first-order chi connectivity index (χ1) is 11.1. The van der Waals surface area contributed by atoms with Crippen LogP contribution in [0.1, 0.15) is 4.88 Å². The van der Waals surface area contributed by atoms with Crippen molar-refractivity contribution in [2.24, 2.45) is 0 Å². The van der Waals surface area contributed by atoms with Gasteiger partial charge in [-0.15, -0.1) is 22.7 Å². The van der Waals surface area contributed by atoms with E-state index in [1.807, 2.05) is 29.0 Å². The number of hydrogen-bond acceptors (Lipinski definition) is 4. The topological polar surface area (TPSA) is 42.0 Å². The lowest BCUT2D eigenvalue weighted by molar-refractivity contribution is -0.111. The van der Waals surface area contributed by atoms with Gasteiger partial charge in [-0.25, -0.2) is 4.98 Å². The zero-order valence-corrected chi connectivity index (χ0v) is 14.8. The first-order valence-electron chi connectivity index (χ1n) is 6.55. The molecule has 0 radical (unpaired) electrons. The van der Waals surface area contributed by atoms with Crippen LogP contribution in [0.2, 0.25) is 10.0 Å². The van der Waals surface area contributed by atoms with Crippen LogP contribution in [-0.2, 0) is 4.79 Å². The molecule has 1 aromatic carbocycles. The van der Waals surface area contributed by atoms with Gasteiger partial charge in [0.15, 0.2) is 5.13 Å². The smallest absolute Gasteiger partial charge is 0.250 e. The van der Waals surface area contributed by atoms with Crippen LogP contribution in [0.4, 0.5) is 5.13 Å². The lowest BCUT2D eigenvalue weighted by atomic mass is 10.2. The second kappa shape index (κ2) is 7.27. The molecule has 1 N–H and O–H groups in total. The van der Waals surface area contributed by atoms with Crippen LogP contribution in [0.5, 0.6) is 0 Å². The summed E-state index contributed by atoms with van der Waals surface area (Å²) in [6, 6.07) is 9.11. The highest BCUT2D eigenvalue weighted by atomic mass is 35.5. The third kappa shape index (κ3) is 4.20. The van der Waals surface area contributed by atoms with Gasteiger partial charge >= 0.3 is 0 Å². The Balaban J connectivity index is 1.71. The van der Waals surface area contributed by atoms with Crippen LogP contribution < -0.4 is 5.32 Å². The van der Waals surface area contributed by atoms with Crippen LogP contribution >= 0.6 is 45.9 Å². The Morgan fingerprint density at radius 2 is 2.09 bits per heavy atom. The third-order valence-electron chi connectivity index (χ3n) is 2.88. The normalized spacial score (nSPS) is 11.0. The van der Waals surface area contributed by atoms with Gasteiger partial charge in [-0.1, -0.05) is 29.3 Å². The number of nitrogens with zero attached hydrogens (tertiary/aromatic N) is 1. The van der Waals surface area contributed by atoms with Crippen molar-refractivity contribution in [1.82, 2.24) is 4.98 Å². The fraction of sp³-hybridized carbons (Fsp3) is 0. The van der Waals surface area contributed by atoms with Gasteiger partial charge in [-0.2, -0.15) is 0 Å². The number of aromatic nitrogens is 1. The minimum atomic E-state index is -0.221. The maximum Gasteiger partial charge on any atom is 0.250 e. The summed E-state index contributed by atoms with van der Waals surface area (Å²) >= 11 is 15.0. The highest BCUT2D eigenvalue weighted by Crippen LogP contribution is 2.32. The molecule has 0 atom stereocenters. The fourth-order valence-corrected chi connectivity index (χ4v) is 3.68. The van der Waals surface area contributed by atoms with Gasteiger partial charge < -0.3 is 0 Å². The van der Waals surface area contributed by atoms with Crippen molar-refractivity contribution >= 4 is 63.0 Å². The molecule has 2 heterocycles. The fourth-order valence-electron chi connectivity index (χ4n) is 1.84. The maximum absolute atomic E-state index is 11.9. The summed E-state index contributed by atoms with van der Waals surface area (Å²) < 4.78 is 0. The molecule has 1 amide bonds. The Labute approximate surface area is 151 Å². The van der Waals surface area contributed by atoms with Crippen molar-refractivity contribution < 1.29 is 4.79 Å². The first-order valence-corrected chi connectivity index (χ1v) is 9.07. The molecule has 116 valence electrons. The molecule has 0 unspecified atom stereocenters. The van der Waals surface area contributed by atoms with E-state index < -0.39 is 0 Å². The molecule has 0 fully saturated rings. The van der Waals surface area contributed by atoms with Crippen LogP contribution in [0, 0.1) is 0 Å². The van der Waals surface area contributed by atoms with E-state index in [9.17, 15) is 4.79 Å². The number of anilines is 1. The number of thiazole rings is 1.